The number of rotatable bonds is 1. The molecule has 0 saturated carbocycles. The van der Waals surface area contributed by atoms with E-state index in [1.54, 1.807) is 0 Å². The summed E-state index contributed by atoms with van der Waals surface area (Å²) < 4.78 is 43.2. The molecule has 62 valence electrons. The molecule has 0 atom stereocenters. The molecule has 0 radical (unpaired) electrons. The van der Waals surface area contributed by atoms with Crippen molar-refractivity contribution in [3.8, 4) is 0 Å². The first-order valence-corrected chi connectivity index (χ1v) is 6.04. The monoisotopic (exact) mass is 194 g/mol. The normalized spacial score (nSPS) is 26.0. The van der Waals surface area contributed by atoms with Gasteiger partial charge in [-0.1, -0.05) is 6.58 Å². The number of hydrogen-bond acceptors (Lipinski definition) is 4. The van der Waals surface area contributed by atoms with Crippen molar-refractivity contribution in [3.63, 3.8) is 0 Å². The van der Waals surface area contributed by atoms with E-state index in [-0.39, 0.29) is 4.91 Å². The molecule has 0 saturated heterocycles. The molecule has 4 nitrogen and oxygen atoms in total. The highest BCUT2D eigenvalue weighted by Gasteiger charge is 2.31. The van der Waals surface area contributed by atoms with Gasteiger partial charge in [0.05, 0.1) is 10.3 Å². The minimum Gasteiger partial charge on any atom is -0.223 e. The number of allylic oxidation sites excluding steroid dienone is 1. The van der Waals surface area contributed by atoms with Crippen LogP contribution in [0.25, 0.3) is 0 Å². The molecular formula is C5H6O4S2. The van der Waals surface area contributed by atoms with Crippen LogP contribution in [0.2, 0.25) is 0 Å². The van der Waals surface area contributed by atoms with E-state index in [0.29, 0.717) is 0 Å². The van der Waals surface area contributed by atoms with Gasteiger partial charge in [-0.15, -0.1) is 0 Å². The van der Waals surface area contributed by atoms with Crippen LogP contribution >= 0.6 is 0 Å². The Labute approximate surface area is 65.1 Å². The zero-order valence-electron chi connectivity index (χ0n) is 5.52. The van der Waals surface area contributed by atoms with Crippen LogP contribution in [-0.2, 0) is 19.7 Å². The van der Waals surface area contributed by atoms with Crippen molar-refractivity contribution in [2.75, 3.05) is 5.08 Å². The summed E-state index contributed by atoms with van der Waals surface area (Å²) in [6.45, 7) is 3.19. The number of hydrogen-bond donors (Lipinski definition) is 0. The Hall–Kier alpha value is -0.620. The van der Waals surface area contributed by atoms with E-state index in [2.05, 4.69) is 6.58 Å². The summed E-state index contributed by atoms with van der Waals surface area (Å²) in [5.74, 6) is 0. The molecule has 1 heterocycles. The maximum absolute atomic E-state index is 10.9. The fourth-order valence-corrected chi connectivity index (χ4v) is 5.02. The van der Waals surface area contributed by atoms with Crippen LogP contribution in [0.1, 0.15) is 0 Å². The molecule has 1 aliphatic heterocycles. The summed E-state index contributed by atoms with van der Waals surface area (Å²) in [5.41, 5.74) is 0. The molecule has 11 heavy (non-hydrogen) atoms. The highest BCUT2D eigenvalue weighted by molar-refractivity contribution is 8.14. The van der Waals surface area contributed by atoms with Crippen molar-refractivity contribution in [1.29, 1.82) is 0 Å². The van der Waals surface area contributed by atoms with Gasteiger partial charge in [0.25, 0.3) is 0 Å². The number of sulfone groups is 2. The SMILES string of the molecule is C=CC1=CS(=O)(=O)CS1(=O)=O. The summed E-state index contributed by atoms with van der Waals surface area (Å²) in [4.78, 5) is -0.211. The lowest BCUT2D eigenvalue weighted by atomic mass is 10.6. The highest BCUT2D eigenvalue weighted by Crippen LogP contribution is 2.21. The Morgan fingerprint density at radius 3 is 2.09 bits per heavy atom. The first-order chi connectivity index (χ1) is 4.87. The lowest BCUT2D eigenvalue weighted by molar-refractivity contribution is 0.600. The Balaban J connectivity index is 3.42. The van der Waals surface area contributed by atoms with Gasteiger partial charge in [0, 0.05) is 0 Å². The van der Waals surface area contributed by atoms with Crippen molar-refractivity contribution in [3.05, 3.63) is 23.0 Å². The molecule has 0 spiro atoms. The van der Waals surface area contributed by atoms with Crippen molar-refractivity contribution < 1.29 is 16.8 Å². The summed E-state index contributed by atoms with van der Waals surface area (Å²) in [7, 11) is -7.13. The largest absolute Gasteiger partial charge is 0.223 e. The van der Waals surface area contributed by atoms with Gasteiger partial charge in [-0.2, -0.15) is 0 Å². The molecular weight excluding hydrogens is 188 g/mol. The van der Waals surface area contributed by atoms with E-state index in [0.717, 1.165) is 11.5 Å². The van der Waals surface area contributed by atoms with Gasteiger partial charge in [0.15, 0.2) is 24.8 Å². The quantitative estimate of drug-likeness (QED) is 0.580. The van der Waals surface area contributed by atoms with Crippen molar-refractivity contribution >= 4 is 19.7 Å². The fraction of sp³-hybridized carbons (Fsp3) is 0.200. The molecule has 0 N–H and O–H groups in total. The first kappa shape index (κ1) is 8.48. The van der Waals surface area contributed by atoms with Crippen molar-refractivity contribution in [2.45, 2.75) is 0 Å². The van der Waals surface area contributed by atoms with E-state index >= 15 is 0 Å². The smallest absolute Gasteiger partial charge is 0.193 e. The van der Waals surface area contributed by atoms with Gasteiger partial charge in [-0.05, 0) is 6.08 Å². The standard InChI is InChI=1S/C5H6O4S2/c1-2-5-3-10(6,7)4-11(5,8)9/h2-3H,1,4H2. The van der Waals surface area contributed by atoms with E-state index in [1.807, 2.05) is 0 Å². The van der Waals surface area contributed by atoms with Gasteiger partial charge in [-0.25, -0.2) is 16.8 Å². The Morgan fingerprint density at radius 2 is 1.91 bits per heavy atom. The van der Waals surface area contributed by atoms with Crippen LogP contribution in [0.5, 0.6) is 0 Å². The van der Waals surface area contributed by atoms with E-state index in [9.17, 15) is 16.8 Å². The second-order valence-corrected chi connectivity index (χ2v) is 6.32. The second-order valence-electron chi connectivity index (χ2n) is 2.12. The second kappa shape index (κ2) is 2.18. The van der Waals surface area contributed by atoms with Crippen LogP contribution in [0.4, 0.5) is 0 Å². The molecule has 0 amide bonds. The Kier molecular flexibility index (Phi) is 1.68. The predicted octanol–water partition coefficient (Wildman–Crippen LogP) is -0.185. The van der Waals surface area contributed by atoms with Crippen molar-refractivity contribution in [1.82, 2.24) is 0 Å². The Morgan fingerprint density at radius 1 is 1.36 bits per heavy atom. The predicted molar refractivity (Wildman–Crippen MR) is 41.0 cm³/mol. The van der Waals surface area contributed by atoms with Crippen LogP contribution in [-0.4, -0.2) is 21.9 Å². The molecule has 0 bridgehead atoms. The first-order valence-electron chi connectivity index (χ1n) is 2.67. The maximum Gasteiger partial charge on any atom is 0.193 e. The highest BCUT2D eigenvalue weighted by atomic mass is 32.3. The van der Waals surface area contributed by atoms with E-state index in [4.69, 9.17) is 0 Å². The van der Waals surface area contributed by atoms with Crippen LogP contribution < -0.4 is 0 Å². The maximum atomic E-state index is 10.9. The van der Waals surface area contributed by atoms with Gasteiger partial charge < -0.3 is 0 Å². The van der Waals surface area contributed by atoms with Crippen molar-refractivity contribution in [2.24, 2.45) is 0 Å². The average Bonchev–Trinajstić information content (AvgIpc) is 1.99. The summed E-state index contributed by atoms with van der Waals surface area (Å²) in [5, 5.41) is -0.0866. The topological polar surface area (TPSA) is 68.3 Å². The molecule has 1 aliphatic rings. The minimum atomic E-state index is -3.59. The van der Waals surface area contributed by atoms with Gasteiger partial charge in [-0.3, -0.25) is 0 Å². The third kappa shape index (κ3) is 1.51. The zero-order chi connectivity index (χ0) is 8.70. The van der Waals surface area contributed by atoms with Gasteiger partial charge >= 0.3 is 0 Å². The zero-order valence-corrected chi connectivity index (χ0v) is 7.15. The molecule has 0 aromatic carbocycles. The lowest BCUT2D eigenvalue weighted by Crippen LogP contribution is -2.05. The summed E-state index contributed by atoms with van der Waals surface area (Å²) >= 11 is 0. The average molecular weight is 194 g/mol. The van der Waals surface area contributed by atoms with Crippen LogP contribution in [0.3, 0.4) is 0 Å². The van der Waals surface area contributed by atoms with Crippen LogP contribution in [0, 0.1) is 0 Å². The summed E-state index contributed by atoms with van der Waals surface area (Å²) in [6, 6.07) is 0. The van der Waals surface area contributed by atoms with Gasteiger partial charge in [0.2, 0.25) is 0 Å². The summed E-state index contributed by atoms with van der Waals surface area (Å²) in [6.07, 6.45) is 1.03. The molecule has 0 aromatic rings. The molecule has 0 aromatic heterocycles. The lowest BCUT2D eigenvalue weighted by Gasteiger charge is -1.89. The molecule has 1 rings (SSSR count). The van der Waals surface area contributed by atoms with E-state index in [1.165, 1.54) is 0 Å². The third-order valence-corrected chi connectivity index (χ3v) is 5.50. The third-order valence-electron chi connectivity index (χ3n) is 1.18. The Bertz CT molecular complexity index is 409. The minimum absolute atomic E-state index is 0.211. The molecule has 0 unspecified atom stereocenters. The van der Waals surface area contributed by atoms with Crippen LogP contribution in [0.15, 0.2) is 23.0 Å². The van der Waals surface area contributed by atoms with Gasteiger partial charge in [0.1, 0.15) is 0 Å². The van der Waals surface area contributed by atoms with E-state index < -0.39 is 24.8 Å². The molecule has 6 heteroatoms. The molecule has 0 fully saturated rings. The molecule has 0 aliphatic carbocycles. The fourth-order valence-electron chi connectivity index (χ4n) is 0.744.